The van der Waals surface area contributed by atoms with Crippen LogP contribution < -0.4 is 0 Å². The van der Waals surface area contributed by atoms with Crippen molar-refractivity contribution in [3.05, 3.63) is 29.3 Å². The molecule has 2 nitrogen and oxygen atoms in total. The number of aliphatic hydroxyl groups excluding tert-OH is 1. The molecule has 0 fully saturated rings. The molecule has 0 aromatic heterocycles. The number of benzene rings is 1. The Morgan fingerprint density at radius 1 is 1.33 bits per heavy atom. The van der Waals surface area contributed by atoms with Crippen molar-refractivity contribution in [2.45, 2.75) is 44.6 Å². The number of thioether (sulfide) groups is 1. The molecule has 18 heavy (non-hydrogen) atoms. The van der Waals surface area contributed by atoms with Gasteiger partial charge in [0.2, 0.25) is 0 Å². The van der Waals surface area contributed by atoms with Gasteiger partial charge in [-0.2, -0.15) is 0 Å². The summed E-state index contributed by atoms with van der Waals surface area (Å²) >= 11 is 1.70. The maximum atomic E-state index is 9.81. The van der Waals surface area contributed by atoms with Crippen LogP contribution in [0.15, 0.2) is 23.1 Å². The second-order valence-corrected chi connectivity index (χ2v) is 5.72. The lowest BCUT2D eigenvalue weighted by Gasteiger charge is -2.12. The highest BCUT2D eigenvalue weighted by atomic mass is 32.2. The molecule has 1 aromatic carbocycles. The van der Waals surface area contributed by atoms with Crippen molar-refractivity contribution in [2.24, 2.45) is 0 Å². The fourth-order valence-corrected chi connectivity index (χ4v) is 2.58. The van der Waals surface area contributed by atoms with E-state index < -0.39 is 0 Å². The van der Waals surface area contributed by atoms with Crippen LogP contribution in [-0.2, 0) is 4.74 Å². The van der Waals surface area contributed by atoms with Gasteiger partial charge in [0.1, 0.15) is 0 Å². The predicted octanol–water partition coefficient (Wildman–Crippen LogP) is 3.57. The zero-order valence-electron chi connectivity index (χ0n) is 11.6. The van der Waals surface area contributed by atoms with E-state index in [0.29, 0.717) is 12.4 Å². The van der Waals surface area contributed by atoms with Crippen LogP contribution in [-0.4, -0.2) is 30.2 Å². The van der Waals surface area contributed by atoms with Gasteiger partial charge in [0.05, 0.1) is 12.7 Å². The Kier molecular flexibility index (Phi) is 7.40. The molecule has 0 spiro atoms. The van der Waals surface area contributed by atoms with Gasteiger partial charge < -0.3 is 9.84 Å². The Labute approximate surface area is 115 Å². The fourth-order valence-electron chi connectivity index (χ4n) is 1.66. The van der Waals surface area contributed by atoms with Gasteiger partial charge in [0, 0.05) is 17.3 Å². The third-order valence-electron chi connectivity index (χ3n) is 2.71. The van der Waals surface area contributed by atoms with E-state index in [4.69, 9.17) is 4.74 Å². The molecule has 0 saturated heterocycles. The summed E-state index contributed by atoms with van der Waals surface area (Å²) in [6.45, 7) is 7.53. The third kappa shape index (κ3) is 5.89. The molecule has 0 bridgehead atoms. The minimum absolute atomic E-state index is 0.382. The first kappa shape index (κ1) is 15.5. The molecule has 3 heteroatoms. The fraction of sp³-hybridized carbons (Fsp3) is 0.600. The molecule has 1 atom stereocenters. The number of rotatable bonds is 8. The van der Waals surface area contributed by atoms with Gasteiger partial charge in [-0.1, -0.05) is 31.0 Å². The average molecular weight is 268 g/mol. The first-order chi connectivity index (χ1) is 8.63. The van der Waals surface area contributed by atoms with E-state index in [1.807, 2.05) is 0 Å². The van der Waals surface area contributed by atoms with Crippen LogP contribution in [0.25, 0.3) is 0 Å². The van der Waals surface area contributed by atoms with Gasteiger partial charge in [0.15, 0.2) is 0 Å². The Hall–Kier alpha value is -0.510. The number of ether oxygens (including phenoxy) is 1. The highest BCUT2D eigenvalue weighted by Gasteiger charge is 2.06. The predicted molar refractivity (Wildman–Crippen MR) is 78.4 cm³/mol. The number of aliphatic hydroxyl groups is 1. The SMILES string of the molecule is CCCCOCC(O)CSc1ccc(C)cc1C. The van der Waals surface area contributed by atoms with E-state index in [0.717, 1.165) is 19.4 Å². The number of hydrogen-bond donors (Lipinski definition) is 1. The van der Waals surface area contributed by atoms with Crippen molar-refractivity contribution in [1.82, 2.24) is 0 Å². The average Bonchev–Trinajstić information content (AvgIpc) is 2.33. The molecule has 0 amide bonds. The lowest BCUT2D eigenvalue weighted by molar-refractivity contribution is 0.0473. The summed E-state index contributed by atoms with van der Waals surface area (Å²) in [5.41, 5.74) is 2.55. The summed E-state index contributed by atoms with van der Waals surface area (Å²) in [4.78, 5) is 1.24. The van der Waals surface area contributed by atoms with E-state index in [-0.39, 0.29) is 6.10 Å². The van der Waals surface area contributed by atoms with Crippen LogP contribution in [0.1, 0.15) is 30.9 Å². The molecule has 0 heterocycles. The molecule has 1 unspecified atom stereocenters. The maximum absolute atomic E-state index is 9.81. The Bertz CT molecular complexity index is 352. The van der Waals surface area contributed by atoms with Crippen LogP contribution >= 0.6 is 11.8 Å². The van der Waals surface area contributed by atoms with Crippen molar-refractivity contribution in [1.29, 1.82) is 0 Å². The van der Waals surface area contributed by atoms with Crippen molar-refractivity contribution in [2.75, 3.05) is 19.0 Å². The molecule has 0 aliphatic heterocycles. The largest absolute Gasteiger partial charge is 0.390 e. The molecule has 0 radical (unpaired) electrons. The molecule has 0 aliphatic carbocycles. The van der Waals surface area contributed by atoms with Gasteiger partial charge in [-0.3, -0.25) is 0 Å². The maximum Gasteiger partial charge on any atom is 0.0867 e. The minimum atomic E-state index is -0.382. The number of aryl methyl sites for hydroxylation is 2. The van der Waals surface area contributed by atoms with E-state index in [9.17, 15) is 5.11 Å². The van der Waals surface area contributed by atoms with Gasteiger partial charge in [0.25, 0.3) is 0 Å². The molecular formula is C15H24O2S. The zero-order valence-corrected chi connectivity index (χ0v) is 12.4. The summed E-state index contributed by atoms with van der Waals surface area (Å²) < 4.78 is 5.41. The molecule has 1 aromatic rings. The van der Waals surface area contributed by atoms with Crippen LogP contribution in [0.5, 0.6) is 0 Å². The van der Waals surface area contributed by atoms with Crippen molar-refractivity contribution >= 4 is 11.8 Å². The quantitative estimate of drug-likeness (QED) is 0.577. The summed E-state index contributed by atoms with van der Waals surface area (Å²) in [6.07, 6.45) is 1.82. The summed E-state index contributed by atoms with van der Waals surface area (Å²) in [7, 11) is 0. The van der Waals surface area contributed by atoms with E-state index in [1.165, 1.54) is 16.0 Å². The van der Waals surface area contributed by atoms with Crippen LogP contribution in [0.3, 0.4) is 0 Å². The highest BCUT2D eigenvalue weighted by molar-refractivity contribution is 7.99. The van der Waals surface area contributed by atoms with E-state index in [2.05, 4.69) is 39.0 Å². The lowest BCUT2D eigenvalue weighted by atomic mass is 10.2. The van der Waals surface area contributed by atoms with Gasteiger partial charge in [-0.25, -0.2) is 0 Å². The summed E-state index contributed by atoms with van der Waals surface area (Å²) in [6, 6.07) is 6.41. The first-order valence-electron chi connectivity index (χ1n) is 6.59. The van der Waals surface area contributed by atoms with E-state index in [1.54, 1.807) is 11.8 Å². The summed E-state index contributed by atoms with van der Waals surface area (Å²) in [5, 5.41) is 9.81. The van der Waals surface area contributed by atoms with Crippen LogP contribution in [0, 0.1) is 13.8 Å². The lowest BCUT2D eigenvalue weighted by Crippen LogP contribution is -2.18. The van der Waals surface area contributed by atoms with Crippen LogP contribution in [0.4, 0.5) is 0 Å². The third-order valence-corrected chi connectivity index (χ3v) is 4.03. The minimum Gasteiger partial charge on any atom is -0.390 e. The summed E-state index contributed by atoms with van der Waals surface area (Å²) in [5.74, 6) is 0.691. The monoisotopic (exact) mass is 268 g/mol. The van der Waals surface area contributed by atoms with Gasteiger partial charge in [-0.15, -0.1) is 11.8 Å². The number of unbranched alkanes of at least 4 members (excludes halogenated alkanes) is 1. The first-order valence-corrected chi connectivity index (χ1v) is 7.58. The number of hydrogen-bond acceptors (Lipinski definition) is 3. The van der Waals surface area contributed by atoms with Crippen molar-refractivity contribution < 1.29 is 9.84 Å². The normalized spacial score (nSPS) is 12.7. The standard InChI is InChI=1S/C15H24O2S/c1-4-5-8-17-10-14(16)11-18-15-7-6-12(2)9-13(15)3/h6-7,9,14,16H,4-5,8,10-11H2,1-3H3. The van der Waals surface area contributed by atoms with Crippen LogP contribution in [0.2, 0.25) is 0 Å². The molecule has 1 N–H and O–H groups in total. The Morgan fingerprint density at radius 2 is 2.11 bits per heavy atom. The second-order valence-electron chi connectivity index (χ2n) is 4.66. The molecular weight excluding hydrogens is 244 g/mol. The zero-order chi connectivity index (χ0) is 13.4. The smallest absolute Gasteiger partial charge is 0.0867 e. The van der Waals surface area contributed by atoms with Crippen molar-refractivity contribution in [3.63, 3.8) is 0 Å². The molecule has 1 rings (SSSR count). The van der Waals surface area contributed by atoms with Gasteiger partial charge in [-0.05, 0) is 31.9 Å². The van der Waals surface area contributed by atoms with Gasteiger partial charge >= 0.3 is 0 Å². The van der Waals surface area contributed by atoms with Crippen molar-refractivity contribution in [3.8, 4) is 0 Å². The molecule has 102 valence electrons. The Morgan fingerprint density at radius 3 is 2.78 bits per heavy atom. The second kappa shape index (κ2) is 8.57. The Balaban J connectivity index is 2.27. The highest BCUT2D eigenvalue weighted by Crippen LogP contribution is 2.23. The molecule has 0 aliphatic rings. The topological polar surface area (TPSA) is 29.5 Å². The molecule has 0 saturated carbocycles. The van der Waals surface area contributed by atoms with E-state index >= 15 is 0 Å².